The molecule has 0 bridgehead atoms. The Morgan fingerprint density at radius 3 is 2.33 bits per heavy atom. The zero-order chi connectivity index (χ0) is 10.2. The molecule has 2 heteroatoms. The third kappa shape index (κ3) is 1.83. The first-order valence-corrected chi connectivity index (χ1v) is 6.63. The molecule has 0 radical (unpaired) electrons. The minimum Gasteiger partial charge on any atom is -0.236 e. The molecule has 1 heterocycles. The molecule has 0 amide bonds. The molecule has 0 aromatic carbocycles. The molecule has 1 atom stereocenters. The second kappa shape index (κ2) is 3.74. The van der Waals surface area contributed by atoms with Crippen LogP contribution >= 0.6 is 0 Å². The summed E-state index contributed by atoms with van der Waals surface area (Å²) < 4.78 is 0. The van der Waals surface area contributed by atoms with E-state index in [0.29, 0.717) is 5.41 Å². The second-order valence-electron chi connectivity index (χ2n) is 5.93. The van der Waals surface area contributed by atoms with Crippen LogP contribution in [0.5, 0.6) is 0 Å². The maximum absolute atomic E-state index is 5.65. The fourth-order valence-corrected chi connectivity index (χ4v) is 4.03. The summed E-state index contributed by atoms with van der Waals surface area (Å²) in [5.74, 6) is 0. The molecule has 0 aromatic rings. The molecule has 2 nitrogen and oxygen atoms in total. The second-order valence-corrected chi connectivity index (χ2v) is 5.93. The first-order valence-electron chi connectivity index (χ1n) is 6.63. The Bertz CT molecular complexity index is 201. The van der Waals surface area contributed by atoms with Crippen molar-refractivity contribution in [1.82, 2.24) is 0 Å². The third-order valence-electron chi connectivity index (χ3n) is 4.82. The molecule has 3 rings (SSSR count). The van der Waals surface area contributed by atoms with Gasteiger partial charge in [0.2, 0.25) is 0 Å². The van der Waals surface area contributed by atoms with Crippen molar-refractivity contribution in [3.63, 3.8) is 0 Å². The normalized spacial score (nSPS) is 40.0. The van der Waals surface area contributed by atoms with Gasteiger partial charge in [0, 0.05) is 0 Å². The Kier molecular flexibility index (Phi) is 2.52. The van der Waals surface area contributed by atoms with Crippen LogP contribution in [0, 0.1) is 5.41 Å². The van der Waals surface area contributed by atoms with Crippen LogP contribution in [0.3, 0.4) is 0 Å². The monoisotopic (exact) mass is 210 g/mol. The minimum absolute atomic E-state index is 0.121. The van der Waals surface area contributed by atoms with E-state index in [9.17, 15) is 0 Å². The minimum atomic E-state index is 0.121. The standard InChI is InChI=1S/C13H22O2/c1-2-5-12(6-3-1)8-9-13(11-12)7-4-10-14-15-13/h1-11H2. The molecule has 3 aliphatic rings. The van der Waals surface area contributed by atoms with Crippen LogP contribution in [0.1, 0.15) is 64.2 Å². The molecule has 1 saturated heterocycles. The lowest BCUT2D eigenvalue weighted by Crippen LogP contribution is -2.36. The van der Waals surface area contributed by atoms with Gasteiger partial charge in [0.05, 0.1) is 6.61 Å². The summed E-state index contributed by atoms with van der Waals surface area (Å²) in [6.07, 6.45) is 13.5. The Hall–Kier alpha value is -0.0800. The number of hydrogen-bond acceptors (Lipinski definition) is 2. The van der Waals surface area contributed by atoms with Crippen LogP contribution in [-0.4, -0.2) is 12.2 Å². The SMILES string of the molecule is C1CCC2(CC1)CCC1(CCCOO1)C2. The van der Waals surface area contributed by atoms with Crippen molar-refractivity contribution in [3.05, 3.63) is 0 Å². The average molecular weight is 210 g/mol. The van der Waals surface area contributed by atoms with Crippen molar-refractivity contribution < 1.29 is 9.78 Å². The van der Waals surface area contributed by atoms with E-state index < -0.39 is 0 Å². The number of rotatable bonds is 0. The zero-order valence-corrected chi connectivity index (χ0v) is 9.59. The van der Waals surface area contributed by atoms with E-state index in [4.69, 9.17) is 9.78 Å². The van der Waals surface area contributed by atoms with E-state index in [1.165, 1.54) is 64.2 Å². The van der Waals surface area contributed by atoms with Gasteiger partial charge in [-0.15, -0.1) is 0 Å². The highest BCUT2D eigenvalue weighted by Gasteiger charge is 2.50. The molecule has 2 aliphatic carbocycles. The predicted octanol–water partition coefficient (Wildman–Crippen LogP) is 3.60. The van der Waals surface area contributed by atoms with Crippen LogP contribution in [0.2, 0.25) is 0 Å². The average Bonchev–Trinajstić information content (AvgIpc) is 2.60. The van der Waals surface area contributed by atoms with Crippen molar-refractivity contribution in [2.45, 2.75) is 69.8 Å². The van der Waals surface area contributed by atoms with E-state index in [0.717, 1.165) is 6.61 Å². The van der Waals surface area contributed by atoms with E-state index in [1.54, 1.807) is 0 Å². The van der Waals surface area contributed by atoms with Crippen molar-refractivity contribution in [1.29, 1.82) is 0 Å². The summed E-state index contributed by atoms with van der Waals surface area (Å²) in [5, 5.41) is 0. The molecule has 86 valence electrons. The summed E-state index contributed by atoms with van der Waals surface area (Å²) in [6.45, 7) is 0.800. The smallest absolute Gasteiger partial charge is 0.104 e. The van der Waals surface area contributed by atoms with Gasteiger partial charge in [-0.25, -0.2) is 9.78 Å². The molecule has 3 fully saturated rings. The summed E-state index contributed by atoms with van der Waals surface area (Å²) in [4.78, 5) is 10.9. The van der Waals surface area contributed by atoms with Gasteiger partial charge in [0.15, 0.2) is 0 Å². The van der Waals surface area contributed by atoms with E-state index in [1.807, 2.05) is 0 Å². The summed E-state index contributed by atoms with van der Waals surface area (Å²) in [6, 6.07) is 0. The van der Waals surface area contributed by atoms with Gasteiger partial charge in [-0.05, 0) is 50.4 Å². The first kappa shape index (κ1) is 10.1. The maximum atomic E-state index is 5.65. The quantitative estimate of drug-likeness (QED) is 0.569. The largest absolute Gasteiger partial charge is 0.236 e. The highest BCUT2D eigenvalue weighted by atomic mass is 17.2. The maximum Gasteiger partial charge on any atom is 0.104 e. The van der Waals surface area contributed by atoms with E-state index >= 15 is 0 Å². The summed E-state index contributed by atoms with van der Waals surface area (Å²) in [7, 11) is 0. The molecule has 1 aliphatic heterocycles. The van der Waals surface area contributed by atoms with Gasteiger partial charge in [-0.2, -0.15) is 0 Å². The Morgan fingerprint density at radius 2 is 1.60 bits per heavy atom. The van der Waals surface area contributed by atoms with Gasteiger partial charge in [0.25, 0.3) is 0 Å². The molecule has 2 saturated carbocycles. The summed E-state index contributed by atoms with van der Waals surface area (Å²) >= 11 is 0. The highest BCUT2D eigenvalue weighted by molar-refractivity contribution is 5.00. The highest BCUT2D eigenvalue weighted by Crippen LogP contribution is 2.55. The van der Waals surface area contributed by atoms with Crippen LogP contribution in [0.4, 0.5) is 0 Å². The molecular weight excluding hydrogens is 188 g/mol. The lowest BCUT2D eigenvalue weighted by atomic mass is 9.72. The molecule has 15 heavy (non-hydrogen) atoms. The fourth-order valence-electron chi connectivity index (χ4n) is 4.03. The van der Waals surface area contributed by atoms with Crippen LogP contribution < -0.4 is 0 Å². The van der Waals surface area contributed by atoms with Crippen LogP contribution in [0.15, 0.2) is 0 Å². The first-order chi connectivity index (χ1) is 7.33. The van der Waals surface area contributed by atoms with Crippen LogP contribution in [-0.2, 0) is 9.78 Å². The van der Waals surface area contributed by atoms with Crippen molar-refractivity contribution >= 4 is 0 Å². The molecule has 0 N–H and O–H groups in total. The molecule has 0 aromatic heterocycles. The third-order valence-corrected chi connectivity index (χ3v) is 4.82. The molecule has 1 unspecified atom stereocenters. The van der Waals surface area contributed by atoms with Gasteiger partial charge in [-0.1, -0.05) is 19.3 Å². The Labute approximate surface area is 92.3 Å². The fraction of sp³-hybridized carbons (Fsp3) is 1.00. The van der Waals surface area contributed by atoms with Gasteiger partial charge >= 0.3 is 0 Å². The van der Waals surface area contributed by atoms with E-state index in [2.05, 4.69) is 0 Å². The van der Waals surface area contributed by atoms with Crippen molar-refractivity contribution in [2.24, 2.45) is 5.41 Å². The van der Waals surface area contributed by atoms with Gasteiger partial charge in [0.1, 0.15) is 5.60 Å². The Morgan fingerprint density at radius 1 is 0.733 bits per heavy atom. The lowest BCUT2D eigenvalue weighted by molar-refractivity contribution is -0.383. The van der Waals surface area contributed by atoms with Crippen molar-refractivity contribution in [3.8, 4) is 0 Å². The van der Waals surface area contributed by atoms with E-state index in [-0.39, 0.29) is 5.60 Å². The van der Waals surface area contributed by atoms with Gasteiger partial charge in [-0.3, -0.25) is 0 Å². The van der Waals surface area contributed by atoms with Gasteiger partial charge < -0.3 is 0 Å². The van der Waals surface area contributed by atoms with Crippen LogP contribution in [0.25, 0.3) is 0 Å². The zero-order valence-electron chi connectivity index (χ0n) is 9.59. The lowest BCUT2D eigenvalue weighted by Gasteiger charge is -2.37. The molecule has 2 spiro atoms. The van der Waals surface area contributed by atoms with Crippen molar-refractivity contribution in [2.75, 3.05) is 6.61 Å². The topological polar surface area (TPSA) is 18.5 Å². The predicted molar refractivity (Wildman–Crippen MR) is 58.4 cm³/mol. The summed E-state index contributed by atoms with van der Waals surface area (Å²) in [5.41, 5.74) is 0.758. The molecular formula is C13H22O2. The Balaban J connectivity index is 1.70. The number of hydrogen-bond donors (Lipinski definition) is 0.